The minimum Gasteiger partial charge on any atom is -0.444 e. The van der Waals surface area contributed by atoms with Gasteiger partial charge in [0.25, 0.3) is 0 Å². The molecule has 2 aromatic carbocycles. The van der Waals surface area contributed by atoms with E-state index in [-0.39, 0.29) is 49.0 Å². The molecule has 1 saturated heterocycles. The van der Waals surface area contributed by atoms with E-state index in [4.69, 9.17) is 9.47 Å². The third-order valence-electron chi connectivity index (χ3n) is 8.12. The van der Waals surface area contributed by atoms with Gasteiger partial charge in [-0.25, -0.2) is 9.18 Å². The quantitative estimate of drug-likeness (QED) is 0.323. The fourth-order valence-corrected chi connectivity index (χ4v) is 5.95. The van der Waals surface area contributed by atoms with Gasteiger partial charge in [0.15, 0.2) is 0 Å². The highest BCUT2D eigenvalue weighted by Gasteiger charge is 2.41. The van der Waals surface area contributed by atoms with Crippen LogP contribution in [-0.4, -0.2) is 47.7 Å². The van der Waals surface area contributed by atoms with Crippen molar-refractivity contribution >= 4 is 12.0 Å². The molecular weight excluding hydrogens is 609 g/mol. The molecule has 0 spiro atoms. The second-order valence-electron chi connectivity index (χ2n) is 12.7. The van der Waals surface area contributed by atoms with Crippen LogP contribution in [0.15, 0.2) is 42.5 Å². The van der Waals surface area contributed by atoms with Gasteiger partial charge in [-0.05, 0) is 94.8 Å². The summed E-state index contributed by atoms with van der Waals surface area (Å²) >= 11 is 0. The molecule has 45 heavy (non-hydrogen) atoms. The normalized spacial score (nSPS) is 23.5. The number of ether oxygens (including phenoxy) is 2. The number of alkyl halides is 6. The van der Waals surface area contributed by atoms with Gasteiger partial charge >= 0.3 is 18.4 Å². The average Bonchev–Trinajstić information content (AvgIpc) is 3.39. The van der Waals surface area contributed by atoms with Gasteiger partial charge in [0.05, 0.1) is 23.3 Å². The van der Waals surface area contributed by atoms with Gasteiger partial charge in [-0.1, -0.05) is 12.1 Å². The fraction of sp³-hybridized carbons (Fsp3) is 0.562. The van der Waals surface area contributed by atoms with E-state index in [1.54, 1.807) is 25.7 Å². The van der Waals surface area contributed by atoms with Crippen molar-refractivity contribution < 1.29 is 49.8 Å². The lowest BCUT2D eigenvalue weighted by molar-refractivity contribution is -0.143. The molecular formula is C32H37F7N2O4. The Morgan fingerprint density at radius 2 is 1.51 bits per heavy atom. The van der Waals surface area contributed by atoms with Crippen LogP contribution in [0, 0.1) is 11.7 Å². The number of carbonyl (C=O) groups is 2. The number of nitrogens with one attached hydrogen (secondary N) is 1. The number of piperidine rings is 1. The van der Waals surface area contributed by atoms with E-state index >= 15 is 0 Å². The van der Waals surface area contributed by atoms with Gasteiger partial charge in [0.1, 0.15) is 11.4 Å². The third kappa shape index (κ3) is 9.11. The van der Waals surface area contributed by atoms with Gasteiger partial charge in [-0.2, -0.15) is 26.3 Å². The molecule has 2 fully saturated rings. The number of amides is 2. The number of carbonyl (C=O) groups excluding carboxylic acids is 2. The molecule has 1 N–H and O–H groups in total. The molecule has 5 atom stereocenters. The summed E-state index contributed by atoms with van der Waals surface area (Å²) < 4.78 is 106. The molecule has 248 valence electrons. The minimum atomic E-state index is -5.00. The number of halogens is 7. The summed E-state index contributed by atoms with van der Waals surface area (Å²) in [6, 6.07) is 6.65. The molecule has 1 aliphatic carbocycles. The summed E-state index contributed by atoms with van der Waals surface area (Å²) in [4.78, 5) is 27.4. The number of hydrogen-bond acceptors (Lipinski definition) is 4. The summed E-state index contributed by atoms with van der Waals surface area (Å²) in [7, 11) is 0. The first-order valence-corrected chi connectivity index (χ1v) is 14.8. The van der Waals surface area contributed by atoms with Gasteiger partial charge in [-0.15, -0.1) is 0 Å². The number of alkyl carbamates (subject to hydrolysis) is 1. The monoisotopic (exact) mass is 646 g/mol. The molecule has 1 saturated carbocycles. The van der Waals surface area contributed by atoms with Crippen LogP contribution in [0.4, 0.5) is 35.5 Å². The second-order valence-corrected chi connectivity index (χ2v) is 12.7. The van der Waals surface area contributed by atoms with Crippen molar-refractivity contribution in [3.8, 4) is 0 Å². The predicted molar refractivity (Wildman–Crippen MR) is 151 cm³/mol. The molecule has 13 heteroatoms. The van der Waals surface area contributed by atoms with Crippen molar-refractivity contribution in [3.63, 3.8) is 0 Å². The first kappa shape index (κ1) is 34.5. The predicted octanol–water partition coefficient (Wildman–Crippen LogP) is 8.02. The molecule has 0 bridgehead atoms. The second kappa shape index (κ2) is 13.2. The molecule has 0 aromatic heterocycles. The zero-order valence-corrected chi connectivity index (χ0v) is 25.4. The van der Waals surface area contributed by atoms with Crippen molar-refractivity contribution in [2.24, 2.45) is 5.92 Å². The van der Waals surface area contributed by atoms with Crippen LogP contribution >= 0.6 is 0 Å². The van der Waals surface area contributed by atoms with E-state index in [9.17, 15) is 40.3 Å². The lowest BCUT2D eigenvalue weighted by Gasteiger charge is -2.41. The molecule has 2 amide bonds. The topological polar surface area (TPSA) is 67.9 Å². The summed E-state index contributed by atoms with van der Waals surface area (Å²) in [6.07, 6.45) is -10.6. The zero-order chi connectivity index (χ0) is 33.3. The number of nitrogens with zero attached hydrogens (tertiary/aromatic N) is 1. The molecule has 6 nitrogen and oxygen atoms in total. The first-order chi connectivity index (χ1) is 20.8. The van der Waals surface area contributed by atoms with Crippen LogP contribution in [0.2, 0.25) is 0 Å². The Labute approximate surface area is 257 Å². The maximum atomic E-state index is 13.8. The number of rotatable bonds is 6. The largest absolute Gasteiger partial charge is 0.444 e. The Bertz CT molecular complexity index is 1320. The lowest BCUT2D eigenvalue weighted by Crippen LogP contribution is -2.48. The van der Waals surface area contributed by atoms with E-state index in [0.717, 1.165) is 0 Å². The Hall–Kier alpha value is -3.35. The van der Waals surface area contributed by atoms with Crippen LogP contribution in [0.25, 0.3) is 0 Å². The molecule has 0 radical (unpaired) electrons. The van der Waals surface area contributed by atoms with E-state index in [0.29, 0.717) is 37.0 Å². The Kier molecular flexibility index (Phi) is 10.1. The van der Waals surface area contributed by atoms with Gasteiger partial charge in [-0.3, -0.25) is 4.79 Å². The zero-order valence-electron chi connectivity index (χ0n) is 25.4. The summed E-state index contributed by atoms with van der Waals surface area (Å²) in [6.45, 7) is 7.02. The number of hydrogen-bond donors (Lipinski definition) is 1. The average molecular weight is 647 g/mol. The maximum Gasteiger partial charge on any atom is 0.416 e. The van der Waals surface area contributed by atoms with E-state index in [1.807, 2.05) is 0 Å². The van der Waals surface area contributed by atoms with Crippen molar-refractivity contribution in [1.82, 2.24) is 10.2 Å². The van der Waals surface area contributed by atoms with Crippen LogP contribution < -0.4 is 5.32 Å². The fourth-order valence-electron chi connectivity index (χ4n) is 5.95. The van der Waals surface area contributed by atoms with Crippen LogP contribution in [-0.2, 0) is 26.6 Å². The Morgan fingerprint density at radius 1 is 0.911 bits per heavy atom. The van der Waals surface area contributed by atoms with E-state index in [2.05, 4.69) is 5.32 Å². The molecule has 1 heterocycles. The molecule has 2 aromatic rings. The highest BCUT2D eigenvalue weighted by Crippen LogP contribution is 2.40. The third-order valence-corrected chi connectivity index (χ3v) is 8.12. The van der Waals surface area contributed by atoms with Crippen molar-refractivity contribution in [3.05, 3.63) is 70.5 Å². The number of benzene rings is 2. The highest BCUT2D eigenvalue weighted by molar-refractivity contribution is 5.79. The summed E-state index contributed by atoms with van der Waals surface area (Å²) in [5, 5.41) is 2.81. The van der Waals surface area contributed by atoms with Gasteiger partial charge < -0.3 is 19.7 Å². The smallest absolute Gasteiger partial charge is 0.416 e. The minimum absolute atomic E-state index is 0.0677. The summed E-state index contributed by atoms with van der Waals surface area (Å²) in [5.41, 5.74) is -3.22. The molecule has 1 aliphatic heterocycles. The Morgan fingerprint density at radius 3 is 2.07 bits per heavy atom. The lowest BCUT2D eigenvalue weighted by atomic mass is 9.86. The van der Waals surface area contributed by atoms with Gasteiger partial charge in [0.2, 0.25) is 5.91 Å². The molecule has 0 unspecified atom stereocenters. The molecule has 2 aliphatic rings. The van der Waals surface area contributed by atoms with Crippen LogP contribution in [0.3, 0.4) is 0 Å². The Balaban J connectivity index is 1.50. The van der Waals surface area contributed by atoms with Crippen LogP contribution in [0.5, 0.6) is 0 Å². The van der Waals surface area contributed by atoms with Crippen molar-refractivity contribution in [2.75, 3.05) is 13.1 Å². The standard InChI is InChI=1S/C32H37F7N2O4/c1-18(21-13-22(31(34,35)36)16-23(14-21)32(37,38)39)44-27-11-12-41(17-26(27)19-5-8-24(33)9-6-19)28(42)20-7-10-25(15-20)40-29(43)45-30(2,3)4/h5-6,8-9,13-14,16,18,20,25-27H,7,10-12,15,17H2,1-4H3,(H,40,43)/t18-,20-,25-,26-,27+/m1/s1. The van der Waals surface area contributed by atoms with E-state index in [1.165, 1.54) is 31.2 Å². The summed E-state index contributed by atoms with van der Waals surface area (Å²) in [5.74, 6) is -1.52. The SMILES string of the molecule is C[C@@H](O[C@H]1CCN(C(=O)[C@@H]2CC[C@@H](NC(=O)OC(C)(C)C)C2)C[C@@H]1c1ccc(F)cc1)c1cc(C(F)(F)F)cc(C(F)(F)F)c1. The highest BCUT2D eigenvalue weighted by atomic mass is 19.4. The van der Waals surface area contributed by atoms with E-state index < -0.39 is 59.1 Å². The molecule has 4 rings (SSSR count). The first-order valence-electron chi connectivity index (χ1n) is 14.8. The maximum absolute atomic E-state index is 13.8. The van der Waals surface area contributed by atoms with Gasteiger partial charge in [0, 0.05) is 31.0 Å². The van der Waals surface area contributed by atoms with Crippen molar-refractivity contribution in [2.45, 2.75) is 95.5 Å². The van der Waals surface area contributed by atoms with Crippen LogP contribution in [0.1, 0.15) is 87.7 Å². The van der Waals surface area contributed by atoms with Crippen molar-refractivity contribution in [1.29, 1.82) is 0 Å². The number of likely N-dealkylation sites (tertiary alicyclic amines) is 1.